The number of hydrogen-bond donors (Lipinski definition) is 1. The van der Waals surface area contributed by atoms with Crippen LogP contribution in [0.1, 0.15) is 5.56 Å². The molecule has 0 saturated heterocycles. The summed E-state index contributed by atoms with van der Waals surface area (Å²) in [7, 11) is 1.76. The average Bonchev–Trinajstić information content (AvgIpc) is 2.16. The molecule has 0 amide bonds. The number of hydrogen-bond acceptors (Lipinski definition) is 2. The van der Waals surface area contributed by atoms with E-state index in [2.05, 4.69) is 39.4 Å². The Balaban J connectivity index is 0.000000980. The first-order valence-corrected chi connectivity index (χ1v) is 5.14. The molecule has 14 heavy (non-hydrogen) atoms. The van der Waals surface area contributed by atoms with Crippen LogP contribution >= 0.6 is 28.3 Å². The average molecular weight is 279 g/mol. The minimum atomic E-state index is 0. The Morgan fingerprint density at radius 2 is 2.29 bits per heavy atom. The molecule has 0 saturated carbocycles. The third-order valence-electron chi connectivity index (χ3n) is 2.37. The maximum atomic E-state index is 5.31. The summed E-state index contributed by atoms with van der Waals surface area (Å²) in [6, 6.07) is 6.30. The first kappa shape index (κ1) is 11.8. The van der Waals surface area contributed by atoms with Crippen molar-refractivity contribution in [2.45, 2.75) is 12.5 Å². The van der Waals surface area contributed by atoms with Gasteiger partial charge >= 0.3 is 0 Å². The number of fused-ring (bicyclic) bond motifs is 1. The maximum absolute atomic E-state index is 5.31. The molecule has 1 N–H and O–H groups in total. The topological polar surface area (TPSA) is 21.3 Å². The zero-order chi connectivity index (χ0) is 9.26. The van der Waals surface area contributed by atoms with Gasteiger partial charge in [-0.2, -0.15) is 0 Å². The van der Waals surface area contributed by atoms with Crippen molar-refractivity contribution in [1.82, 2.24) is 0 Å². The molecule has 1 unspecified atom stereocenters. The van der Waals surface area contributed by atoms with E-state index in [4.69, 9.17) is 4.74 Å². The number of nitrogens with one attached hydrogen (secondary N) is 1. The summed E-state index contributed by atoms with van der Waals surface area (Å²) >= 11 is 3.46. The van der Waals surface area contributed by atoms with Crippen molar-refractivity contribution in [3.8, 4) is 0 Å². The van der Waals surface area contributed by atoms with Gasteiger partial charge in [-0.25, -0.2) is 0 Å². The summed E-state index contributed by atoms with van der Waals surface area (Å²) < 4.78 is 6.44. The fraction of sp³-hybridized carbons (Fsp3) is 0.400. The van der Waals surface area contributed by atoms with Crippen LogP contribution in [-0.4, -0.2) is 19.8 Å². The molecular formula is C10H13BrClNO. The minimum Gasteiger partial charge on any atom is -0.382 e. The third-order valence-corrected chi connectivity index (χ3v) is 2.86. The normalized spacial score (nSPS) is 19.1. The summed E-state index contributed by atoms with van der Waals surface area (Å²) in [4.78, 5) is 0. The second kappa shape index (κ2) is 5.01. The van der Waals surface area contributed by atoms with Crippen molar-refractivity contribution in [3.63, 3.8) is 0 Å². The molecule has 1 atom stereocenters. The Kier molecular flexibility index (Phi) is 4.23. The zero-order valence-electron chi connectivity index (χ0n) is 7.92. The van der Waals surface area contributed by atoms with Crippen LogP contribution in [0.2, 0.25) is 0 Å². The zero-order valence-corrected chi connectivity index (χ0v) is 10.3. The highest BCUT2D eigenvalue weighted by atomic mass is 79.9. The molecule has 0 spiro atoms. The van der Waals surface area contributed by atoms with Crippen LogP contribution in [0.25, 0.3) is 0 Å². The van der Waals surface area contributed by atoms with Gasteiger partial charge in [-0.1, -0.05) is 15.9 Å². The molecule has 0 aromatic heterocycles. The molecule has 0 aliphatic carbocycles. The van der Waals surface area contributed by atoms with E-state index >= 15 is 0 Å². The Morgan fingerprint density at radius 3 is 3.00 bits per heavy atom. The number of halogens is 2. The van der Waals surface area contributed by atoms with Crippen molar-refractivity contribution in [3.05, 3.63) is 28.2 Å². The van der Waals surface area contributed by atoms with Crippen molar-refractivity contribution in [2.75, 3.05) is 19.0 Å². The van der Waals surface area contributed by atoms with Gasteiger partial charge in [0.05, 0.1) is 6.10 Å². The van der Waals surface area contributed by atoms with E-state index in [1.54, 1.807) is 7.11 Å². The molecule has 1 aromatic rings. The van der Waals surface area contributed by atoms with Gasteiger partial charge in [0, 0.05) is 30.2 Å². The second-order valence-electron chi connectivity index (χ2n) is 3.24. The third kappa shape index (κ3) is 2.41. The molecule has 4 heteroatoms. The number of ether oxygens (including phenoxy) is 1. The van der Waals surface area contributed by atoms with Crippen LogP contribution in [0.15, 0.2) is 22.7 Å². The van der Waals surface area contributed by atoms with E-state index in [1.807, 2.05) is 0 Å². The molecule has 2 nitrogen and oxygen atoms in total. The lowest BCUT2D eigenvalue weighted by atomic mass is 10.0. The summed E-state index contributed by atoms with van der Waals surface area (Å²) in [5, 5.41) is 3.34. The van der Waals surface area contributed by atoms with Crippen LogP contribution in [0.4, 0.5) is 5.69 Å². The maximum Gasteiger partial charge on any atom is 0.0784 e. The van der Waals surface area contributed by atoms with Crippen LogP contribution in [0.3, 0.4) is 0 Å². The fourth-order valence-corrected chi connectivity index (χ4v) is 2.02. The van der Waals surface area contributed by atoms with Gasteiger partial charge in [0.25, 0.3) is 0 Å². The van der Waals surface area contributed by atoms with E-state index in [1.165, 1.54) is 11.3 Å². The SMILES string of the molecule is COC1CNc2ccc(Br)cc2C1.Cl. The number of benzene rings is 1. The van der Waals surface area contributed by atoms with E-state index in [0.29, 0.717) is 6.10 Å². The lowest BCUT2D eigenvalue weighted by Gasteiger charge is -2.25. The lowest BCUT2D eigenvalue weighted by molar-refractivity contribution is 0.111. The van der Waals surface area contributed by atoms with Gasteiger partial charge in [0.2, 0.25) is 0 Å². The summed E-state index contributed by atoms with van der Waals surface area (Å²) in [6.45, 7) is 0.908. The highest BCUT2D eigenvalue weighted by Gasteiger charge is 2.17. The predicted octanol–water partition coefficient (Wildman–Crippen LogP) is 2.85. The first-order chi connectivity index (χ1) is 6.29. The molecule has 1 aliphatic heterocycles. The Labute approximate surface area is 98.6 Å². The molecule has 2 rings (SSSR count). The van der Waals surface area contributed by atoms with Crippen LogP contribution in [0, 0.1) is 0 Å². The van der Waals surface area contributed by atoms with E-state index in [9.17, 15) is 0 Å². The quantitative estimate of drug-likeness (QED) is 0.853. The van der Waals surface area contributed by atoms with Gasteiger partial charge in [0.15, 0.2) is 0 Å². The van der Waals surface area contributed by atoms with Gasteiger partial charge in [0.1, 0.15) is 0 Å². The minimum absolute atomic E-state index is 0. The number of anilines is 1. The van der Waals surface area contributed by atoms with Crippen LogP contribution in [-0.2, 0) is 11.2 Å². The largest absolute Gasteiger partial charge is 0.382 e. The standard InChI is InChI=1S/C10H12BrNO.ClH/c1-13-9-5-7-4-8(11)2-3-10(7)12-6-9;/h2-4,9,12H,5-6H2,1H3;1H. The second-order valence-corrected chi connectivity index (χ2v) is 4.16. The van der Waals surface area contributed by atoms with Crippen molar-refractivity contribution in [1.29, 1.82) is 0 Å². The highest BCUT2D eigenvalue weighted by Crippen LogP contribution is 2.25. The van der Waals surface area contributed by atoms with Gasteiger partial charge in [-0.15, -0.1) is 12.4 Å². The van der Waals surface area contributed by atoms with Crippen molar-refractivity contribution < 1.29 is 4.74 Å². The van der Waals surface area contributed by atoms with Crippen LogP contribution < -0.4 is 5.32 Å². The van der Waals surface area contributed by atoms with Crippen molar-refractivity contribution in [2.24, 2.45) is 0 Å². The van der Waals surface area contributed by atoms with E-state index in [-0.39, 0.29) is 12.4 Å². The number of rotatable bonds is 1. The summed E-state index contributed by atoms with van der Waals surface area (Å²) in [5.41, 5.74) is 2.56. The van der Waals surface area contributed by atoms with E-state index < -0.39 is 0 Å². The molecule has 1 heterocycles. The molecule has 1 aromatic carbocycles. The monoisotopic (exact) mass is 277 g/mol. The van der Waals surface area contributed by atoms with Gasteiger partial charge < -0.3 is 10.1 Å². The fourth-order valence-electron chi connectivity index (χ4n) is 1.61. The highest BCUT2D eigenvalue weighted by molar-refractivity contribution is 9.10. The predicted molar refractivity (Wildman–Crippen MR) is 64.4 cm³/mol. The number of methoxy groups -OCH3 is 1. The first-order valence-electron chi connectivity index (χ1n) is 4.34. The molecule has 1 aliphatic rings. The summed E-state index contributed by atoms with van der Waals surface area (Å²) in [6.07, 6.45) is 1.31. The smallest absolute Gasteiger partial charge is 0.0784 e. The molecule has 0 radical (unpaired) electrons. The molecule has 0 fully saturated rings. The summed E-state index contributed by atoms with van der Waals surface area (Å²) in [5.74, 6) is 0. The molecule has 0 bridgehead atoms. The van der Waals surface area contributed by atoms with Crippen LogP contribution in [0.5, 0.6) is 0 Å². The van der Waals surface area contributed by atoms with Gasteiger partial charge in [-0.05, 0) is 23.8 Å². The Hall–Kier alpha value is -0.250. The molecular weight excluding hydrogens is 265 g/mol. The Bertz CT molecular complexity index is 319. The Morgan fingerprint density at radius 1 is 1.50 bits per heavy atom. The lowest BCUT2D eigenvalue weighted by Crippen LogP contribution is -2.29. The van der Waals surface area contributed by atoms with E-state index in [0.717, 1.165) is 17.4 Å². The molecule has 78 valence electrons. The van der Waals surface area contributed by atoms with Crippen molar-refractivity contribution >= 4 is 34.0 Å². The van der Waals surface area contributed by atoms with Gasteiger partial charge in [-0.3, -0.25) is 0 Å².